The Morgan fingerprint density at radius 3 is 2.40 bits per heavy atom. The van der Waals surface area contributed by atoms with Gasteiger partial charge in [-0.1, -0.05) is 19.3 Å². The van der Waals surface area contributed by atoms with Gasteiger partial charge in [-0.2, -0.15) is 4.98 Å². The highest BCUT2D eigenvalue weighted by molar-refractivity contribution is 7.91. The first-order valence-corrected chi connectivity index (χ1v) is 13.1. The number of aromatic nitrogens is 1. The molecule has 1 aliphatic carbocycles. The Morgan fingerprint density at radius 1 is 0.914 bits per heavy atom. The molecule has 5 rings (SSSR count). The second-order valence-electron chi connectivity index (χ2n) is 8.51. The molecule has 186 valence electrons. The van der Waals surface area contributed by atoms with Crippen LogP contribution in [0.25, 0.3) is 11.5 Å². The van der Waals surface area contributed by atoms with Crippen LogP contribution in [0.15, 0.2) is 50.7 Å². The van der Waals surface area contributed by atoms with Gasteiger partial charge in [0.2, 0.25) is 26.6 Å². The molecule has 10 heteroatoms. The van der Waals surface area contributed by atoms with Crippen molar-refractivity contribution in [2.45, 2.75) is 48.1 Å². The number of ether oxygens (including phenoxy) is 4. The van der Waals surface area contributed by atoms with Crippen LogP contribution in [0.4, 0.5) is 5.88 Å². The second kappa shape index (κ2) is 9.69. The Bertz CT molecular complexity index is 1310. The number of nitrogens with zero attached hydrogens (tertiary/aromatic N) is 1. The lowest BCUT2D eigenvalue weighted by molar-refractivity contribution is 0.171. The smallest absolute Gasteiger partial charge is 0.234 e. The first kappa shape index (κ1) is 23.3. The molecule has 1 saturated carbocycles. The average Bonchev–Trinajstić information content (AvgIpc) is 3.33. The van der Waals surface area contributed by atoms with Gasteiger partial charge in [-0.3, -0.25) is 0 Å². The molecular weight excluding hydrogens is 472 g/mol. The van der Waals surface area contributed by atoms with Crippen LogP contribution in [0.1, 0.15) is 32.1 Å². The first-order valence-electron chi connectivity index (χ1n) is 11.6. The largest absolute Gasteiger partial charge is 0.493 e. The van der Waals surface area contributed by atoms with E-state index in [-0.39, 0.29) is 27.7 Å². The van der Waals surface area contributed by atoms with Crippen molar-refractivity contribution >= 4 is 15.7 Å². The Morgan fingerprint density at radius 2 is 1.66 bits per heavy atom. The normalized spacial score (nSPS) is 16.1. The zero-order valence-corrected chi connectivity index (χ0v) is 20.5. The number of hydrogen-bond donors (Lipinski definition) is 1. The molecule has 2 heterocycles. The zero-order chi connectivity index (χ0) is 24.4. The second-order valence-corrected chi connectivity index (χ2v) is 10.4. The van der Waals surface area contributed by atoms with Crippen LogP contribution in [-0.2, 0) is 9.84 Å². The maximum absolute atomic E-state index is 13.7. The van der Waals surface area contributed by atoms with Crippen molar-refractivity contribution in [3.05, 3.63) is 36.4 Å². The molecule has 35 heavy (non-hydrogen) atoms. The van der Waals surface area contributed by atoms with Crippen molar-refractivity contribution < 1.29 is 31.8 Å². The summed E-state index contributed by atoms with van der Waals surface area (Å²) >= 11 is 0. The van der Waals surface area contributed by atoms with E-state index in [1.54, 1.807) is 31.4 Å². The lowest BCUT2D eigenvalue weighted by Crippen LogP contribution is -2.23. The summed E-state index contributed by atoms with van der Waals surface area (Å²) in [6, 6.07) is 9.86. The van der Waals surface area contributed by atoms with Gasteiger partial charge >= 0.3 is 0 Å². The van der Waals surface area contributed by atoms with Crippen LogP contribution in [-0.4, -0.2) is 46.9 Å². The summed E-state index contributed by atoms with van der Waals surface area (Å²) in [4.78, 5) is 4.51. The number of anilines is 1. The van der Waals surface area contributed by atoms with Gasteiger partial charge in [0.05, 0.1) is 19.1 Å². The van der Waals surface area contributed by atoms with Gasteiger partial charge in [0.15, 0.2) is 23.0 Å². The molecule has 0 spiro atoms. The number of nitrogens with one attached hydrogen (secondary N) is 1. The van der Waals surface area contributed by atoms with Crippen molar-refractivity contribution in [2.75, 3.05) is 32.8 Å². The molecule has 1 fully saturated rings. The van der Waals surface area contributed by atoms with Crippen molar-refractivity contribution in [1.29, 1.82) is 0 Å². The van der Waals surface area contributed by atoms with Crippen LogP contribution in [0, 0.1) is 0 Å². The summed E-state index contributed by atoms with van der Waals surface area (Å²) < 4.78 is 55.4. The SMILES string of the molecule is COc1ccc(-c2nc(S(=O)(=O)c3ccc4c(c3)OCCO4)c(NC3CCCCC3)o2)cc1OC. The number of rotatable bonds is 7. The van der Waals surface area contributed by atoms with Gasteiger partial charge in [-0.15, -0.1) is 0 Å². The monoisotopic (exact) mass is 500 g/mol. The lowest BCUT2D eigenvalue weighted by Gasteiger charge is -2.22. The Labute approximate surface area is 204 Å². The van der Waals surface area contributed by atoms with Gasteiger partial charge in [-0.25, -0.2) is 8.42 Å². The third-order valence-electron chi connectivity index (χ3n) is 6.25. The summed E-state index contributed by atoms with van der Waals surface area (Å²) in [7, 11) is -0.947. The van der Waals surface area contributed by atoms with Crippen molar-refractivity contribution in [1.82, 2.24) is 4.98 Å². The molecule has 0 saturated heterocycles. The van der Waals surface area contributed by atoms with Gasteiger partial charge in [0.25, 0.3) is 0 Å². The molecule has 0 atom stereocenters. The fraction of sp³-hybridized carbons (Fsp3) is 0.400. The molecule has 1 aliphatic heterocycles. The van der Waals surface area contributed by atoms with E-state index in [4.69, 9.17) is 23.4 Å². The third kappa shape index (κ3) is 4.62. The molecule has 2 aliphatic rings. The minimum atomic E-state index is -4.03. The lowest BCUT2D eigenvalue weighted by atomic mass is 9.96. The first-order chi connectivity index (χ1) is 17.0. The Hall–Kier alpha value is -3.40. The Kier molecular flexibility index (Phi) is 6.46. The van der Waals surface area contributed by atoms with E-state index < -0.39 is 9.84 Å². The number of benzene rings is 2. The molecule has 1 N–H and O–H groups in total. The minimum absolute atomic E-state index is 0.0561. The van der Waals surface area contributed by atoms with Crippen LogP contribution in [0.2, 0.25) is 0 Å². The number of oxazole rings is 1. The molecule has 3 aromatic rings. The number of sulfone groups is 1. The summed E-state index contributed by atoms with van der Waals surface area (Å²) in [6.07, 6.45) is 5.22. The summed E-state index contributed by atoms with van der Waals surface area (Å²) in [5.41, 5.74) is 0.568. The highest BCUT2D eigenvalue weighted by Crippen LogP contribution is 2.39. The number of fused-ring (bicyclic) bond motifs is 1. The summed E-state index contributed by atoms with van der Waals surface area (Å²) in [6.45, 7) is 0.783. The van der Waals surface area contributed by atoms with Crippen LogP contribution in [0.3, 0.4) is 0 Å². The predicted octanol–water partition coefficient (Wildman–Crippen LogP) is 4.71. The van der Waals surface area contributed by atoms with Gasteiger partial charge in [-0.05, 0) is 43.2 Å². The minimum Gasteiger partial charge on any atom is -0.493 e. The highest BCUT2D eigenvalue weighted by Gasteiger charge is 2.31. The molecule has 9 nitrogen and oxygen atoms in total. The van der Waals surface area contributed by atoms with E-state index in [2.05, 4.69) is 10.3 Å². The van der Waals surface area contributed by atoms with Gasteiger partial charge in [0, 0.05) is 17.7 Å². The molecular formula is C25H28N2O7S. The van der Waals surface area contributed by atoms with E-state index in [0.29, 0.717) is 41.8 Å². The van der Waals surface area contributed by atoms with E-state index in [0.717, 1.165) is 25.7 Å². The van der Waals surface area contributed by atoms with Crippen LogP contribution in [0.5, 0.6) is 23.0 Å². The van der Waals surface area contributed by atoms with Gasteiger partial charge in [0.1, 0.15) is 13.2 Å². The van der Waals surface area contributed by atoms with Crippen molar-refractivity contribution in [3.63, 3.8) is 0 Å². The topological polar surface area (TPSA) is 109 Å². The fourth-order valence-corrected chi connectivity index (χ4v) is 5.69. The molecule has 1 aromatic heterocycles. The third-order valence-corrected chi connectivity index (χ3v) is 7.91. The maximum atomic E-state index is 13.7. The molecule has 2 aromatic carbocycles. The van der Waals surface area contributed by atoms with Gasteiger partial charge < -0.3 is 28.7 Å². The van der Waals surface area contributed by atoms with Crippen LogP contribution >= 0.6 is 0 Å². The van der Waals surface area contributed by atoms with Crippen LogP contribution < -0.4 is 24.3 Å². The Balaban J connectivity index is 1.57. The quantitative estimate of drug-likeness (QED) is 0.493. The summed E-state index contributed by atoms with van der Waals surface area (Å²) in [5.74, 6) is 2.25. The molecule has 0 amide bonds. The van der Waals surface area contributed by atoms with Crippen molar-refractivity contribution in [3.8, 4) is 34.5 Å². The molecule has 0 bridgehead atoms. The molecule has 0 radical (unpaired) electrons. The predicted molar refractivity (Wildman–Crippen MR) is 128 cm³/mol. The maximum Gasteiger partial charge on any atom is 0.234 e. The van der Waals surface area contributed by atoms with E-state index in [9.17, 15) is 8.42 Å². The molecule has 0 unspecified atom stereocenters. The number of methoxy groups -OCH3 is 2. The summed E-state index contributed by atoms with van der Waals surface area (Å²) in [5, 5.41) is 3.15. The zero-order valence-electron chi connectivity index (χ0n) is 19.7. The van der Waals surface area contributed by atoms with E-state index >= 15 is 0 Å². The van der Waals surface area contributed by atoms with Crippen molar-refractivity contribution in [2.24, 2.45) is 0 Å². The fourth-order valence-electron chi connectivity index (χ4n) is 4.41. The van der Waals surface area contributed by atoms with E-state index in [1.807, 2.05) is 0 Å². The average molecular weight is 501 g/mol. The number of hydrogen-bond acceptors (Lipinski definition) is 9. The highest BCUT2D eigenvalue weighted by atomic mass is 32.2. The standard InChI is InChI=1S/C25H28N2O7S/c1-30-19-10-8-16(14-21(19)31-2)23-27-25(24(34-23)26-17-6-4-3-5-7-17)35(28,29)18-9-11-20-22(15-18)33-13-12-32-20/h8-11,14-15,17,26H,3-7,12-13H2,1-2H3. The van der Waals surface area contributed by atoms with E-state index in [1.165, 1.54) is 25.7 Å².